The summed E-state index contributed by atoms with van der Waals surface area (Å²) in [6, 6.07) is 13.6. The third kappa shape index (κ3) is 4.37. The Bertz CT molecular complexity index is 1080. The molecule has 1 heterocycles. The van der Waals surface area contributed by atoms with E-state index in [0.717, 1.165) is 29.1 Å². The Balaban J connectivity index is 1.84. The summed E-state index contributed by atoms with van der Waals surface area (Å²) < 4.78 is 44.7. The van der Waals surface area contributed by atoms with Crippen LogP contribution in [0.15, 0.2) is 59.7 Å². The average Bonchev–Trinajstić information content (AvgIpc) is 3.00. The molecule has 0 unspecified atom stereocenters. The van der Waals surface area contributed by atoms with Crippen molar-refractivity contribution in [1.29, 1.82) is 0 Å². The molecule has 0 radical (unpaired) electrons. The minimum absolute atomic E-state index is 0.433. The Kier molecular flexibility index (Phi) is 5.96. The summed E-state index contributed by atoms with van der Waals surface area (Å²) in [5.41, 5.74) is 6.10. The lowest BCUT2D eigenvalue weighted by atomic mass is 10.1. The zero-order chi connectivity index (χ0) is 21.9. The zero-order valence-corrected chi connectivity index (χ0v) is 16.6. The highest BCUT2D eigenvalue weighted by Gasteiger charge is 2.29. The number of rotatable bonds is 5. The maximum Gasteiger partial charge on any atom is 0.416 e. The van der Waals surface area contributed by atoms with Crippen LogP contribution in [0.2, 0.25) is 0 Å². The van der Waals surface area contributed by atoms with Crippen molar-refractivity contribution in [3.05, 3.63) is 82.7 Å². The number of methoxy groups -OCH3 is 1. The van der Waals surface area contributed by atoms with E-state index in [2.05, 4.69) is 10.5 Å². The molecule has 0 saturated carbocycles. The van der Waals surface area contributed by atoms with Crippen molar-refractivity contribution in [3.8, 4) is 5.69 Å². The number of anilines is 1. The first kappa shape index (κ1) is 21.2. The number of para-hydroxylation sites is 1. The molecule has 156 valence electrons. The van der Waals surface area contributed by atoms with Gasteiger partial charge in [-0.3, -0.25) is 5.43 Å². The van der Waals surface area contributed by atoms with Gasteiger partial charge in [0.1, 0.15) is 0 Å². The van der Waals surface area contributed by atoms with Crippen molar-refractivity contribution < 1.29 is 22.7 Å². The smallest absolute Gasteiger partial charge is 0.416 e. The maximum atomic E-state index is 12.6. The lowest BCUT2D eigenvalue weighted by molar-refractivity contribution is -0.137. The third-order valence-corrected chi connectivity index (χ3v) is 4.63. The summed E-state index contributed by atoms with van der Waals surface area (Å²) in [4.78, 5) is 12.1. The van der Waals surface area contributed by atoms with Crippen molar-refractivity contribution in [2.75, 3.05) is 12.5 Å². The highest BCUT2D eigenvalue weighted by Crippen LogP contribution is 2.30. The predicted molar refractivity (Wildman–Crippen MR) is 109 cm³/mol. The van der Waals surface area contributed by atoms with E-state index in [1.165, 1.54) is 19.2 Å². The standard InChI is InChI=1S/C22H20F3N3O2/c1-14-12-16(13-26-27-18-10-8-17(9-11-18)22(23,24)25)15(2)28(14)20-7-5-4-6-19(20)21(29)30-3/h4-13,27H,1-3H3/b26-13+. The van der Waals surface area contributed by atoms with Gasteiger partial charge in [-0.15, -0.1) is 0 Å². The fraction of sp³-hybridized carbons (Fsp3) is 0.182. The SMILES string of the molecule is COC(=O)c1ccccc1-n1c(C)cc(/C=N/Nc2ccc(C(F)(F)F)cc2)c1C. The Morgan fingerprint density at radius 2 is 1.77 bits per heavy atom. The van der Waals surface area contributed by atoms with Crippen molar-refractivity contribution in [2.24, 2.45) is 5.10 Å². The highest BCUT2D eigenvalue weighted by molar-refractivity contribution is 5.94. The largest absolute Gasteiger partial charge is 0.465 e. The second-order valence-corrected chi connectivity index (χ2v) is 6.62. The lowest BCUT2D eigenvalue weighted by Crippen LogP contribution is -2.09. The molecule has 0 fully saturated rings. The zero-order valence-electron chi connectivity index (χ0n) is 16.6. The van der Waals surface area contributed by atoms with Crippen LogP contribution in [0.25, 0.3) is 5.69 Å². The number of nitrogens with one attached hydrogen (secondary N) is 1. The molecule has 0 aliphatic carbocycles. The molecule has 8 heteroatoms. The molecular weight excluding hydrogens is 395 g/mol. The van der Waals surface area contributed by atoms with E-state index in [1.54, 1.807) is 18.3 Å². The highest BCUT2D eigenvalue weighted by atomic mass is 19.4. The van der Waals surface area contributed by atoms with Gasteiger partial charge < -0.3 is 9.30 Å². The number of hydrazone groups is 1. The summed E-state index contributed by atoms with van der Waals surface area (Å²) in [5.74, 6) is -0.433. The number of alkyl halides is 3. The maximum absolute atomic E-state index is 12.6. The van der Waals surface area contributed by atoms with E-state index in [9.17, 15) is 18.0 Å². The number of aryl methyl sites for hydroxylation is 1. The van der Waals surface area contributed by atoms with Crippen molar-refractivity contribution in [3.63, 3.8) is 0 Å². The minimum Gasteiger partial charge on any atom is -0.465 e. The van der Waals surface area contributed by atoms with E-state index < -0.39 is 17.7 Å². The minimum atomic E-state index is -4.38. The first-order valence-corrected chi connectivity index (χ1v) is 9.05. The van der Waals surface area contributed by atoms with Crippen LogP contribution in [0.1, 0.15) is 32.9 Å². The van der Waals surface area contributed by atoms with Crippen LogP contribution in [0, 0.1) is 13.8 Å². The first-order chi connectivity index (χ1) is 14.2. The number of carbonyl (C=O) groups excluding carboxylic acids is 1. The summed E-state index contributed by atoms with van der Waals surface area (Å²) in [6.45, 7) is 3.79. The van der Waals surface area contributed by atoms with Gasteiger partial charge in [-0.2, -0.15) is 18.3 Å². The Morgan fingerprint density at radius 1 is 1.10 bits per heavy atom. The Hall–Kier alpha value is -3.55. The van der Waals surface area contributed by atoms with Crippen LogP contribution < -0.4 is 5.43 Å². The summed E-state index contributed by atoms with van der Waals surface area (Å²) in [6.07, 6.45) is -2.79. The van der Waals surface area contributed by atoms with Gasteiger partial charge in [0.05, 0.1) is 35.8 Å². The molecule has 0 bridgehead atoms. The predicted octanol–water partition coefficient (Wildman–Crippen LogP) is 5.35. The molecule has 1 N–H and O–H groups in total. The van der Waals surface area contributed by atoms with Gasteiger partial charge in [-0.25, -0.2) is 4.79 Å². The van der Waals surface area contributed by atoms with E-state index in [-0.39, 0.29) is 0 Å². The van der Waals surface area contributed by atoms with Crippen LogP contribution in [0.4, 0.5) is 18.9 Å². The van der Waals surface area contributed by atoms with Gasteiger partial charge in [-0.05, 0) is 56.3 Å². The molecule has 0 atom stereocenters. The second kappa shape index (κ2) is 8.44. The number of ether oxygens (including phenoxy) is 1. The second-order valence-electron chi connectivity index (χ2n) is 6.62. The number of carbonyl (C=O) groups is 1. The monoisotopic (exact) mass is 415 g/mol. The van der Waals surface area contributed by atoms with Crippen LogP contribution in [0.5, 0.6) is 0 Å². The quantitative estimate of drug-likeness (QED) is 0.347. The van der Waals surface area contributed by atoms with Crippen LogP contribution in [0.3, 0.4) is 0 Å². The molecule has 5 nitrogen and oxygen atoms in total. The Labute approximate surface area is 171 Å². The number of benzene rings is 2. The van der Waals surface area contributed by atoms with Crippen molar-refractivity contribution >= 4 is 17.9 Å². The molecule has 3 aromatic rings. The van der Waals surface area contributed by atoms with E-state index in [1.807, 2.05) is 36.6 Å². The molecule has 0 amide bonds. The number of hydrogen-bond donors (Lipinski definition) is 1. The number of halogens is 3. The van der Waals surface area contributed by atoms with Crippen molar-refractivity contribution in [1.82, 2.24) is 4.57 Å². The molecule has 0 aliphatic rings. The molecule has 0 spiro atoms. The first-order valence-electron chi connectivity index (χ1n) is 9.05. The molecule has 1 aromatic heterocycles. The number of hydrogen-bond acceptors (Lipinski definition) is 4. The fourth-order valence-electron chi connectivity index (χ4n) is 3.15. The van der Waals surface area contributed by atoms with Gasteiger partial charge in [-0.1, -0.05) is 12.1 Å². The van der Waals surface area contributed by atoms with Gasteiger partial charge >= 0.3 is 12.1 Å². The van der Waals surface area contributed by atoms with Crippen molar-refractivity contribution in [2.45, 2.75) is 20.0 Å². The van der Waals surface area contributed by atoms with Gasteiger partial charge in [0.25, 0.3) is 0 Å². The summed E-state index contributed by atoms with van der Waals surface area (Å²) in [5, 5.41) is 4.13. The normalized spacial score (nSPS) is 11.7. The molecular formula is C22H20F3N3O2. The molecule has 30 heavy (non-hydrogen) atoms. The Morgan fingerprint density at radius 3 is 2.40 bits per heavy atom. The molecule has 2 aromatic carbocycles. The van der Waals surface area contributed by atoms with Gasteiger partial charge in [0, 0.05) is 17.0 Å². The van der Waals surface area contributed by atoms with E-state index in [0.29, 0.717) is 16.9 Å². The lowest BCUT2D eigenvalue weighted by Gasteiger charge is -2.13. The molecule has 3 rings (SSSR count). The summed E-state index contributed by atoms with van der Waals surface area (Å²) in [7, 11) is 1.33. The average molecular weight is 415 g/mol. The van der Waals surface area contributed by atoms with Gasteiger partial charge in [0.15, 0.2) is 0 Å². The molecule has 0 saturated heterocycles. The summed E-state index contributed by atoms with van der Waals surface area (Å²) >= 11 is 0. The van der Waals surface area contributed by atoms with Crippen LogP contribution in [-0.2, 0) is 10.9 Å². The fourth-order valence-corrected chi connectivity index (χ4v) is 3.15. The van der Waals surface area contributed by atoms with E-state index in [4.69, 9.17) is 4.74 Å². The topological polar surface area (TPSA) is 55.6 Å². The molecule has 0 aliphatic heterocycles. The van der Waals surface area contributed by atoms with Crippen LogP contribution in [-0.4, -0.2) is 23.9 Å². The number of esters is 1. The van der Waals surface area contributed by atoms with E-state index >= 15 is 0 Å². The number of nitrogens with zero attached hydrogens (tertiary/aromatic N) is 2. The van der Waals surface area contributed by atoms with Crippen LogP contribution >= 0.6 is 0 Å². The number of aromatic nitrogens is 1. The third-order valence-electron chi connectivity index (χ3n) is 4.63. The van der Waals surface area contributed by atoms with Gasteiger partial charge in [0.2, 0.25) is 0 Å².